The molecule has 1 unspecified atom stereocenters. The lowest BCUT2D eigenvalue weighted by atomic mass is 9.76. The van der Waals surface area contributed by atoms with Crippen LogP contribution >= 0.6 is 0 Å². The molecular weight excluding hydrogens is 270 g/mol. The summed E-state index contributed by atoms with van der Waals surface area (Å²) in [6, 6.07) is 19.0. The number of benzene rings is 2. The zero-order valence-electron chi connectivity index (χ0n) is 13.3. The Morgan fingerprint density at radius 3 is 2.68 bits per heavy atom. The molecule has 0 radical (unpaired) electrons. The summed E-state index contributed by atoms with van der Waals surface area (Å²) in [5, 5.41) is 3.53. The van der Waals surface area contributed by atoms with Gasteiger partial charge >= 0.3 is 0 Å². The second-order valence-corrected chi connectivity index (χ2v) is 6.26. The molecule has 0 saturated carbocycles. The van der Waals surface area contributed by atoms with Crippen molar-refractivity contribution in [1.29, 1.82) is 0 Å². The Hall–Kier alpha value is -1.80. The first-order valence-corrected chi connectivity index (χ1v) is 8.30. The highest BCUT2D eigenvalue weighted by Gasteiger charge is 2.34. The molecule has 1 saturated heterocycles. The lowest BCUT2D eigenvalue weighted by Gasteiger charge is -2.29. The van der Waals surface area contributed by atoms with Gasteiger partial charge in [0.1, 0.15) is 12.4 Å². The van der Waals surface area contributed by atoms with Gasteiger partial charge in [-0.1, -0.05) is 55.8 Å². The minimum absolute atomic E-state index is 0.293. The van der Waals surface area contributed by atoms with Gasteiger partial charge in [-0.05, 0) is 42.6 Å². The van der Waals surface area contributed by atoms with Crippen molar-refractivity contribution in [3.05, 3.63) is 65.7 Å². The molecule has 3 rings (SSSR count). The molecule has 0 spiro atoms. The van der Waals surface area contributed by atoms with E-state index in [0.717, 1.165) is 18.8 Å². The molecule has 1 fully saturated rings. The third-order valence-corrected chi connectivity index (χ3v) is 4.67. The summed E-state index contributed by atoms with van der Waals surface area (Å²) in [5.74, 6) is 0.976. The first-order valence-electron chi connectivity index (χ1n) is 8.30. The molecule has 0 bridgehead atoms. The van der Waals surface area contributed by atoms with Crippen LogP contribution < -0.4 is 10.1 Å². The quantitative estimate of drug-likeness (QED) is 0.858. The van der Waals surface area contributed by atoms with Crippen LogP contribution in [0.4, 0.5) is 0 Å². The van der Waals surface area contributed by atoms with Gasteiger partial charge in [-0.3, -0.25) is 0 Å². The molecular formula is C20H25NO. The van der Waals surface area contributed by atoms with Gasteiger partial charge in [0.25, 0.3) is 0 Å². The minimum Gasteiger partial charge on any atom is -0.489 e. The Morgan fingerprint density at radius 1 is 1.09 bits per heavy atom. The Labute approximate surface area is 133 Å². The molecule has 0 aliphatic carbocycles. The first-order chi connectivity index (χ1) is 10.8. The first kappa shape index (κ1) is 15.1. The Kier molecular flexibility index (Phi) is 4.79. The van der Waals surface area contributed by atoms with Crippen LogP contribution in [-0.4, -0.2) is 13.1 Å². The van der Waals surface area contributed by atoms with Crippen molar-refractivity contribution in [2.75, 3.05) is 13.1 Å². The number of nitrogens with one attached hydrogen (secondary N) is 1. The van der Waals surface area contributed by atoms with Crippen molar-refractivity contribution in [2.24, 2.45) is 0 Å². The predicted molar refractivity (Wildman–Crippen MR) is 91.3 cm³/mol. The molecule has 1 aliphatic rings. The van der Waals surface area contributed by atoms with Gasteiger partial charge in [0.2, 0.25) is 0 Å². The lowest BCUT2D eigenvalue weighted by molar-refractivity contribution is 0.304. The van der Waals surface area contributed by atoms with Crippen LogP contribution in [-0.2, 0) is 12.0 Å². The second-order valence-electron chi connectivity index (χ2n) is 6.26. The number of rotatable bonds is 6. The molecule has 1 N–H and O–H groups in total. The molecule has 1 heterocycles. The summed E-state index contributed by atoms with van der Waals surface area (Å²) in [6.07, 6.45) is 3.68. The molecule has 1 aliphatic heterocycles. The standard InChI is InChI=1S/C20H25NO/c1-2-11-20(12-13-21-16-20)18-9-6-10-19(14-18)22-15-17-7-4-3-5-8-17/h3-10,14,21H,2,11-13,15-16H2,1H3. The third-order valence-electron chi connectivity index (χ3n) is 4.67. The summed E-state index contributed by atoms with van der Waals surface area (Å²) < 4.78 is 6.00. The Bertz CT molecular complexity index is 588. The van der Waals surface area contributed by atoms with E-state index in [-0.39, 0.29) is 0 Å². The molecule has 2 aromatic rings. The van der Waals surface area contributed by atoms with Crippen LogP contribution in [0.5, 0.6) is 5.75 Å². The molecule has 1 atom stereocenters. The lowest BCUT2D eigenvalue weighted by Crippen LogP contribution is -2.28. The molecule has 0 aromatic heterocycles. The monoisotopic (exact) mass is 295 g/mol. The maximum absolute atomic E-state index is 6.00. The van der Waals surface area contributed by atoms with Crippen LogP contribution in [0.1, 0.15) is 37.3 Å². The largest absolute Gasteiger partial charge is 0.489 e. The fraction of sp³-hybridized carbons (Fsp3) is 0.400. The van der Waals surface area contributed by atoms with Crippen LogP contribution in [0, 0.1) is 0 Å². The Balaban J connectivity index is 1.74. The van der Waals surface area contributed by atoms with E-state index in [9.17, 15) is 0 Å². The average Bonchev–Trinajstić information content (AvgIpc) is 3.04. The summed E-state index contributed by atoms with van der Waals surface area (Å²) in [4.78, 5) is 0. The van der Waals surface area contributed by atoms with Gasteiger partial charge in [0.05, 0.1) is 0 Å². The topological polar surface area (TPSA) is 21.3 Å². The van der Waals surface area contributed by atoms with Crippen LogP contribution in [0.25, 0.3) is 0 Å². The van der Waals surface area contributed by atoms with Crippen molar-refractivity contribution < 1.29 is 4.74 Å². The van der Waals surface area contributed by atoms with Crippen LogP contribution in [0.3, 0.4) is 0 Å². The molecule has 2 nitrogen and oxygen atoms in total. The van der Waals surface area contributed by atoms with E-state index in [1.54, 1.807) is 0 Å². The van der Waals surface area contributed by atoms with E-state index in [1.807, 2.05) is 6.07 Å². The predicted octanol–water partition coefficient (Wildman–Crippen LogP) is 4.30. The van der Waals surface area contributed by atoms with Gasteiger partial charge in [-0.15, -0.1) is 0 Å². The molecule has 22 heavy (non-hydrogen) atoms. The molecule has 2 aromatic carbocycles. The molecule has 2 heteroatoms. The van der Waals surface area contributed by atoms with Gasteiger partial charge in [0, 0.05) is 12.0 Å². The van der Waals surface area contributed by atoms with Gasteiger partial charge < -0.3 is 10.1 Å². The van der Waals surface area contributed by atoms with E-state index in [0.29, 0.717) is 12.0 Å². The van der Waals surface area contributed by atoms with Gasteiger partial charge in [-0.2, -0.15) is 0 Å². The average molecular weight is 295 g/mol. The fourth-order valence-corrected chi connectivity index (χ4v) is 3.48. The highest BCUT2D eigenvalue weighted by atomic mass is 16.5. The molecule has 0 amide bonds. The highest BCUT2D eigenvalue weighted by molar-refractivity contribution is 5.35. The van der Waals surface area contributed by atoms with Crippen molar-refractivity contribution in [3.63, 3.8) is 0 Å². The zero-order valence-corrected chi connectivity index (χ0v) is 13.3. The third kappa shape index (κ3) is 3.33. The van der Waals surface area contributed by atoms with E-state index in [2.05, 4.69) is 60.8 Å². The number of hydrogen-bond donors (Lipinski definition) is 1. The van der Waals surface area contributed by atoms with Crippen molar-refractivity contribution in [2.45, 2.75) is 38.2 Å². The van der Waals surface area contributed by atoms with Crippen molar-refractivity contribution >= 4 is 0 Å². The Morgan fingerprint density at radius 2 is 1.95 bits per heavy atom. The van der Waals surface area contributed by atoms with Crippen LogP contribution in [0.15, 0.2) is 54.6 Å². The minimum atomic E-state index is 0.293. The van der Waals surface area contributed by atoms with Crippen molar-refractivity contribution in [3.8, 4) is 5.75 Å². The smallest absolute Gasteiger partial charge is 0.120 e. The van der Waals surface area contributed by atoms with E-state index in [1.165, 1.54) is 30.4 Å². The highest BCUT2D eigenvalue weighted by Crippen LogP contribution is 2.36. The zero-order chi connectivity index (χ0) is 15.3. The summed E-state index contributed by atoms with van der Waals surface area (Å²) >= 11 is 0. The van der Waals surface area contributed by atoms with E-state index < -0.39 is 0 Å². The molecule has 116 valence electrons. The van der Waals surface area contributed by atoms with Crippen molar-refractivity contribution in [1.82, 2.24) is 5.32 Å². The second kappa shape index (κ2) is 6.97. The van der Waals surface area contributed by atoms with Gasteiger partial charge in [-0.25, -0.2) is 0 Å². The maximum atomic E-state index is 6.00. The summed E-state index contributed by atoms with van der Waals surface area (Å²) in [7, 11) is 0. The SMILES string of the molecule is CCCC1(c2cccc(OCc3ccccc3)c2)CCNC1. The van der Waals surface area contributed by atoms with Crippen LogP contribution in [0.2, 0.25) is 0 Å². The fourth-order valence-electron chi connectivity index (χ4n) is 3.48. The normalized spacial score (nSPS) is 21.0. The van der Waals surface area contributed by atoms with E-state index in [4.69, 9.17) is 4.74 Å². The maximum Gasteiger partial charge on any atom is 0.120 e. The summed E-state index contributed by atoms with van der Waals surface area (Å²) in [5.41, 5.74) is 2.92. The van der Waals surface area contributed by atoms with Gasteiger partial charge in [0.15, 0.2) is 0 Å². The summed E-state index contributed by atoms with van der Waals surface area (Å²) in [6.45, 7) is 5.11. The number of ether oxygens (including phenoxy) is 1. The number of hydrogen-bond acceptors (Lipinski definition) is 2. The van der Waals surface area contributed by atoms with E-state index >= 15 is 0 Å².